The van der Waals surface area contributed by atoms with Crippen molar-refractivity contribution >= 4 is 22.5 Å². The van der Waals surface area contributed by atoms with Gasteiger partial charge in [0.2, 0.25) is 5.82 Å². The second-order valence-corrected chi connectivity index (χ2v) is 7.13. The molecule has 3 aliphatic rings. The van der Waals surface area contributed by atoms with Crippen molar-refractivity contribution in [1.29, 1.82) is 0 Å². The maximum atomic E-state index is 13.1. The number of fused-ring (bicyclic) bond motifs is 6. The number of nitrogens with one attached hydrogen (secondary N) is 1. The Balaban J connectivity index is 1.48. The predicted octanol–water partition coefficient (Wildman–Crippen LogP) is 2.59. The molecule has 2 bridgehead atoms. The van der Waals surface area contributed by atoms with Crippen LogP contribution in [0.5, 0.6) is 0 Å². The van der Waals surface area contributed by atoms with Crippen molar-refractivity contribution in [1.82, 2.24) is 25.5 Å². The Morgan fingerprint density at radius 2 is 1.96 bits per heavy atom. The van der Waals surface area contributed by atoms with Gasteiger partial charge in [-0.1, -0.05) is 36.4 Å². The number of amides is 2. The van der Waals surface area contributed by atoms with E-state index in [-0.39, 0.29) is 12.1 Å². The second-order valence-electron chi connectivity index (χ2n) is 7.13. The van der Waals surface area contributed by atoms with Gasteiger partial charge in [-0.05, 0) is 29.2 Å². The van der Waals surface area contributed by atoms with Crippen LogP contribution < -0.4 is 4.90 Å². The number of nitrogens with zero attached hydrogens (tertiary/aromatic N) is 5. The third-order valence-electron chi connectivity index (χ3n) is 5.90. The minimum atomic E-state index is 0.115. The molecule has 2 aliphatic heterocycles. The zero-order valence-electron chi connectivity index (χ0n) is 13.9. The molecule has 0 saturated carbocycles. The van der Waals surface area contributed by atoms with Crippen molar-refractivity contribution in [2.45, 2.75) is 18.5 Å². The van der Waals surface area contributed by atoms with Crippen molar-refractivity contribution in [3.63, 3.8) is 0 Å². The number of benzene rings is 2. The lowest BCUT2D eigenvalue weighted by Gasteiger charge is -2.24. The van der Waals surface area contributed by atoms with Gasteiger partial charge in [-0.15, -0.1) is 10.2 Å². The van der Waals surface area contributed by atoms with E-state index < -0.39 is 0 Å². The molecular formula is C19H16N6O. The smallest absolute Gasteiger partial charge is 0.313 e. The van der Waals surface area contributed by atoms with Crippen molar-refractivity contribution in [3.8, 4) is 11.4 Å². The number of tetrazole rings is 1. The highest BCUT2D eigenvalue weighted by molar-refractivity contribution is 6.08. The van der Waals surface area contributed by atoms with Crippen LogP contribution in [0.15, 0.2) is 48.6 Å². The Morgan fingerprint density at radius 3 is 2.77 bits per heavy atom. The van der Waals surface area contributed by atoms with Crippen LogP contribution in [0.2, 0.25) is 0 Å². The van der Waals surface area contributed by atoms with E-state index in [9.17, 15) is 4.79 Å². The van der Waals surface area contributed by atoms with Gasteiger partial charge in [0.15, 0.2) is 0 Å². The summed E-state index contributed by atoms with van der Waals surface area (Å²) in [7, 11) is 0. The first kappa shape index (κ1) is 14.0. The molecule has 7 nitrogen and oxygen atoms in total. The van der Waals surface area contributed by atoms with Gasteiger partial charge in [0.1, 0.15) is 0 Å². The predicted molar refractivity (Wildman–Crippen MR) is 96.5 cm³/mol. The van der Waals surface area contributed by atoms with Gasteiger partial charge < -0.3 is 4.90 Å². The standard InChI is InChI=1S/C19H16N6O/c26-19-24(10-17-11-5-6-12(9-11)25(17)19)16-8-7-15(18-20-22-23-21-18)13-3-1-2-4-14(13)16/h1-8,11-12,17H,9-10H2,(H,20,21,22,23)/t11?,12?,17-/m0/s1. The Bertz CT molecular complexity index is 1060. The Morgan fingerprint density at radius 1 is 1.08 bits per heavy atom. The van der Waals surface area contributed by atoms with Gasteiger partial charge in [-0.25, -0.2) is 4.79 Å². The number of carbonyl (C=O) groups excluding carboxylic acids is 1. The summed E-state index contributed by atoms with van der Waals surface area (Å²) in [5.41, 5.74) is 1.86. The SMILES string of the molecule is O=C1N(c2ccc(-c3nn[nH]n3)c3ccccc23)C[C@H]2C3C=CC(C3)N12. The molecule has 1 aromatic heterocycles. The molecule has 2 fully saturated rings. The highest BCUT2D eigenvalue weighted by Gasteiger charge is 2.52. The fourth-order valence-corrected chi connectivity index (χ4v) is 4.75. The average Bonchev–Trinajstić information content (AvgIpc) is 3.45. The van der Waals surface area contributed by atoms with Gasteiger partial charge in [0.25, 0.3) is 0 Å². The van der Waals surface area contributed by atoms with Gasteiger partial charge in [-0.2, -0.15) is 5.21 Å². The molecule has 3 atom stereocenters. The molecule has 1 N–H and O–H groups in total. The number of aromatic nitrogens is 4. The molecule has 2 amide bonds. The molecular weight excluding hydrogens is 328 g/mol. The first-order chi connectivity index (χ1) is 12.8. The zero-order chi connectivity index (χ0) is 17.3. The Hall–Kier alpha value is -3.22. The van der Waals surface area contributed by atoms with Gasteiger partial charge in [-0.3, -0.25) is 4.90 Å². The molecule has 6 rings (SSSR count). The monoisotopic (exact) mass is 344 g/mol. The summed E-state index contributed by atoms with van der Waals surface area (Å²) in [6, 6.07) is 12.7. The fourth-order valence-electron chi connectivity index (χ4n) is 4.75. The van der Waals surface area contributed by atoms with E-state index in [4.69, 9.17) is 0 Å². The number of urea groups is 1. The minimum Gasteiger partial charge on any atom is -0.313 e. The lowest BCUT2D eigenvalue weighted by Crippen LogP contribution is -2.38. The van der Waals surface area contributed by atoms with E-state index in [0.29, 0.717) is 17.8 Å². The molecule has 0 spiro atoms. The van der Waals surface area contributed by atoms with Crippen LogP contribution in [0, 0.1) is 5.92 Å². The number of H-pyrrole nitrogens is 1. The quantitative estimate of drug-likeness (QED) is 0.725. The second kappa shape index (κ2) is 4.91. The molecule has 2 saturated heterocycles. The molecule has 128 valence electrons. The number of hydrogen-bond donors (Lipinski definition) is 1. The maximum absolute atomic E-state index is 13.1. The normalized spacial score (nSPS) is 26.3. The molecule has 7 heteroatoms. The van der Waals surface area contributed by atoms with Crippen molar-refractivity contribution in [2.24, 2.45) is 5.92 Å². The van der Waals surface area contributed by atoms with Crippen LogP contribution >= 0.6 is 0 Å². The minimum absolute atomic E-state index is 0.115. The molecule has 2 aromatic carbocycles. The molecule has 2 unspecified atom stereocenters. The van der Waals surface area contributed by atoms with Crippen LogP contribution in [0.3, 0.4) is 0 Å². The van der Waals surface area contributed by atoms with E-state index >= 15 is 0 Å². The number of hydrogen-bond acceptors (Lipinski definition) is 4. The van der Waals surface area contributed by atoms with Crippen LogP contribution in [-0.4, -0.2) is 50.2 Å². The van der Waals surface area contributed by atoms with E-state index in [1.54, 1.807) is 0 Å². The summed E-state index contributed by atoms with van der Waals surface area (Å²) in [5.74, 6) is 1.06. The van der Waals surface area contributed by atoms with Gasteiger partial charge in [0.05, 0.1) is 17.8 Å². The van der Waals surface area contributed by atoms with E-state index in [2.05, 4.69) is 43.7 Å². The number of aromatic amines is 1. The van der Waals surface area contributed by atoms with Gasteiger partial charge >= 0.3 is 6.03 Å². The number of anilines is 1. The van der Waals surface area contributed by atoms with Crippen molar-refractivity contribution in [2.75, 3.05) is 11.4 Å². The third kappa shape index (κ3) is 1.72. The molecule has 0 radical (unpaired) electrons. The Kier molecular flexibility index (Phi) is 2.64. The largest absolute Gasteiger partial charge is 0.325 e. The third-order valence-corrected chi connectivity index (χ3v) is 5.90. The zero-order valence-corrected chi connectivity index (χ0v) is 13.9. The summed E-state index contributed by atoms with van der Waals surface area (Å²) < 4.78 is 0. The lowest BCUT2D eigenvalue weighted by atomic mass is 10.0. The van der Waals surface area contributed by atoms with E-state index in [1.165, 1.54) is 0 Å². The van der Waals surface area contributed by atoms with Crippen LogP contribution in [0.4, 0.5) is 10.5 Å². The maximum Gasteiger partial charge on any atom is 0.325 e. The average molecular weight is 344 g/mol. The van der Waals surface area contributed by atoms with Crippen LogP contribution in [0.25, 0.3) is 22.2 Å². The summed E-state index contributed by atoms with van der Waals surface area (Å²) in [5, 5.41) is 16.4. The highest BCUT2D eigenvalue weighted by atomic mass is 16.2. The number of carbonyl (C=O) groups is 1. The topological polar surface area (TPSA) is 78.0 Å². The van der Waals surface area contributed by atoms with Gasteiger partial charge in [0, 0.05) is 23.4 Å². The van der Waals surface area contributed by atoms with E-state index in [1.807, 2.05) is 35.2 Å². The summed E-state index contributed by atoms with van der Waals surface area (Å²) in [6.45, 7) is 0.746. The van der Waals surface area contributed by atoms with Crippen LogP contribution in [0.1, 0.15) is 6.42 Å². The first-order valence-electron chi connectivity index (χ1n) is 8.85. The van der Waals surface area contributed by atoms with Crippen molar-refractivity contribution in [3.05, 3.63) is 48.6 Å². The molecule has 26 heavy (non-hydrogen) atoms. The number of rotatable bonds is 2. The molecule has 1 aliphatic carbocycles. The first-order valence-corrected chi connectivity index (χ1v) is 8.85. The fraction of sp³-hybridized carbons (Fsp3) is 0.263. The van der Waals surface area contributed by atoms with Crippen LogP contribution in [-0.2, 0) is 0 Å². The summed E-state index contributed by atoms with van der Waals surface area (Å²) >= 11 is 0. The lowest BCUT2D eigenvalue weighted by molar-refractivity contribution is 0.206. The Labute approximate surface area is 149 Å². The molecule has 3 heterocycles. The summed E-state index contributed by atoms with van der Waals surface area (Å²) in [6.07, 6.45) is 5.54. The summed E-state index contributed by atoms with van der Waals surface area (Å²) in [4.78, 5) is 17.1. The van der Waals surface area contributed by atoms with E-state index in [0.717, 1.165) is 35.0 Å². The highest BCUT2D eigenvalue weighted by Crippen LogP contribution is 2.44. The molecule has 3 aromatic rings. The van der Waals surface area contributed by atoms with Crippen molar-refractivity contribution < 1.29 is 4.79 Å².